The van der Waals surface area contributed by atoms with Crippen LogP contribution in [0.5, 0.6) is 0 Å². The van der Waals surface area contributed by atoms with Crippen molar-refractivity contribution in [1.29, 1.82) is 0 Å². The van der Waals surface area contributed by atoms with Crippen molar-refractivity contribution in [3.63, 3.8) is 0 Å². The molecule has 0 amide bonds. The van der Waals surface area contributed by atoms with Crippen molar-refractivity contribution >= 4 is 22.7 Å². The molecular weight excluding hydrogens is 252 g/mol. The molecule has 0 bridgehead atoms. The molecular formula is C14H14N6. The van der Waals surface area contributed by atoms with Crippen LogP contribution in [0.15, 0.2) is 48.7 Å². The third-order valence-electron chi connectivity index (χ3n) is 2.90. The molecule has 2 heterocycles. The Morgan fingerprint density at radius 1 is 1.00 bits per heavy atom. The van der Waals surface area contributed by atoms with Crippen molar-refractivity contribution in [3.05, 3.63) is 54.4 Å². The molecule has 6 heteroatoms. The first-order chi connectivity index (χ1) is 9.86. The number of hydrogen-bond acceptors (Lipinski definition) is 6. The van der Waals surface area contributed by atoms with Gasteiger partial charge in [0.1, 0.15) is 5.82 Å². The highest BCUT2D eigenvalue weighted by atomic mass is 15.3. The van der Waals surface area contributed by atoms with Crippen molar-refractivity contribution < 1.29 is 0 Å². The number of nitrogens with two attached hydrogens (primary N) is 1. The molecule has 4 N–H and O–H groups in total. The number of anilines is 2. The average Bonchev–Trinajstić information content (AvgIpc) is 2.53. The SMILES string of the molecule is NNc1nc(NCc2ccccn2)c2ccccc2n1. The highest BCUT2D eigenvalue weighted by Crippen LogP contribution is 2.21. The predicted molar refractivity (Wildman–Crippen MR) is 78.9 cm³/mol. The van der Waals surface area contributed by atoms with E-state index in [-0.39, 0.29) is 0 Å². The summed E-state index contributed by atoms with van der Waals surface area (Å²) in [6.45, 7) is 0.589. The second kappa shape index (κ2) is 5.50. The van der Waals surface area contributed by atoms with Crippen molar-refractivity contribution in [2.45, 2.75) is 6.54 Å². The molecule has 0 aliphatic rings. The van der Waals surface area contributed by atoms with Gasteiger partial charge in [-0.2, -0.15) is 4.98 Å². The Balaban J connectivity index is 1.93. The summed E-state index contributed by atoms with van der Waals surface area (Å²) in [5, 5.41) is 4.22. The van der Waals surface area contributed by atoms with Gasteiger partial charge in [-0.3, -0.25) is 10.4 Å². The lowest BCUT2D eigenvalue weighted by Gasteiger charge is -2.10. The fraction of sp³-hybridized carbons (Fsp3) is 0.0714. The fourth-order valence-electron chi connectivity index (χ4n) is 1.95. The number of nitrogens with one attached hydrogen (secondary N) is 2. The van der Waals surface area contributed by atoms with E-state index in [1.165, 1.54) is 0 Å². The maximum Gasteiger partial charge on any atom is 0.239 e. The Morgan fingerprint density at radius 2 is 1.85 bits per heavy atom. The molecule has 0 saturated carbocycles. The van der Waals surface area contributed by atoms with Gasteiger partial charge in [-0.15, -0.1) is 0 Å². The number of aromatic nitrogens is 3. The van der Waals surface area contributed by atoms with Gasteiger partial charge in [-0.05, 0) is 24.3 Å². The first kappa shape index (κ1) is 12.3. The number of nitrogen functional groups attached to an aromatic ring is 1. The normalized spacial score (nSPS) is 10.4. The summed E-state index contributed by atoms with van der Waals surface area (Å²) in [5.41, 5.74) is 4.25. The van der Waals surface area contributed by atoms with E-state index in [9.17, 15) is 0 Å². The molecule has 2 aromatic heterocycles. The molecule has 0 aliphatic heterocycles. The van der Waals surface area contributed by atoms with E-state index in [4.69, 9.17) is 5.84 Å². The van der Waals surface area contributed by atoms with Crippen molar-refractivity contribution in [2.75, 3.05) is 10.7 Å². The number of hydrazine groups is 1. The van der Waals surface area contributed by atoms with Gasteiger partial charge in [0.15, 0.2) is 0 Å². The minimum Gasteiger partial charge on any atom is -0.364 e. The van der Waals surface area contributed by atoms with Crippen LogP contribution in [-0.4, -0.2) is 15.0 Å². The van der Waals surface area contributed by atoms with E-state index >= 15 is 0 Å². The molecule has 0 unspecified atom stereocenters. The van der Waals surface area contributed by atoms with Gasteiger partial charge in [-0.25, -0.2) is 10.8 Å². The maximum atomic E-state index is 5.40. The summed E-state index contributed by atoms with van der Waals surface area (Å²) in [4.78, 5) is 12.9. The lowest BCUT2D eigenvalue weighted by Crippen LogP contribution is -2.12. The van der Waals surface area contributed by atoms with E-state index in [1.807, 2.05) is 42.5 Å². The number of fused-ring (bicyclic) bond motifs is 1. The summed E-state index contributed by atoms with van der Waals surface area (Å²) in [6.07, 6.45) is 1.77. The van der Waals surface area contributed by atoms with Gasteiger partial charge in [0.2, 0.25) is 5.95 Å². The summed E-state index contributed by atoms with van der Waals surface area (Å²) < 4.78 is 0. The molecule has 1 aromatic carbocycles. The molecule has 0 saturated heterocycles. The first-order valence-electron chi connectivity index (χ1n) is 6.24. The van der Waals surface area contributed by atoms with Gasteiger partial charge in [0.05, 0.1) is 17.8 Å². The zero-order valence-corrected chi connectivity index (χ0v) is 10.7. The van der Waals surface area contributed by atoms with Crippen molar-refractivity contribution in [3.8, 4) is 0 Å². The summed E-state index contributed by atoms with van der Waals surface area (Å²) >= 11 is 0. The summed E-state index contributed by atoms with van der Waals surface area (Å²) in [5.74, 6) is 6.51. The number of nitrogens with zero attached hydrogens (tertiary/aromatic N) is 3. The Kier molecular flexibility index (Phi) is 3.38. The first-order valence-corrected chi connectivity index (χ1v) is 6.24. The number of benzene rings is 1. The Morgan fingerprint density at radius 3 is 2.65 bits per heavy atom. The monoisotopic (exact) mass is 266 g/mol. The smallest absolute Gasteiger partial charge is 0.239 e. The number of hydrogen-bond donors (Lipinski definition) is 3. The van der Waals surface area contributed by atoms with Crippen molar-refractivity contribution in [1.82, 2.24) is 15.0 Å². The topological polar surface area (TPSA) is 88.8 Å². The quantitative estimate of drug-likeness (QED) is 0.494. The summed E-state index contributed by atoms with van der Waals surface area (Å²) in [7, 11) is 0. The molecule has 100 valence electrons. The van der Waals surface area contributed by atoms with E-state index in [0.29, 0.717) is 12.5 Å². The van der Waals surface area contributed by atoms with Crippen LogP contribution < -0.4 is 16.6 Å². The molecule has 0 radical (unpaired) electrons. The van der Waals surface area contributed by atoms with E-state index < -0.39 is 0 Å². The molecule has 20 heavy (non-hydrogen) atoms. The van der Waals surface area contributed by atoms with Crippen LogP contribution in [-0.2, 0) is 6.54 Å². The molecule has 6 nitrogen and oxygen atoms in total. The zero-order valence-electron chi connectivity index (χ0n) is 10.7. The Labute approximate surface area is 116 Å². The maximum absolute atomic E-state index is 5.40. The molecule has 0 aliphatic carbocycles. The van der Waals surface area contributed by atoms with Crippen LogP contribution in [0.3, 0.4) is 0 Å². The third kappa shape index (κ3) is 2.50. The lowest BCUT2D eigenvalue weighted by atomic mass is 10.2. The fourth-order valence-corrected chi connectivity index (χ4v) is 1.95. The number of rotatable bonds is 4. The highest BCUT2D eigenvalue weighted by molar-refractivity contribution is 5.89. The van der Waals surface area contributed by atoms with Gasteiger partial charge in [-0.1, -0.05) is 18.2 Å². The Bertz CT molecular complexity index is 713. The van der Waals surface area contributed by atoms with E-state index in [2.05, 4.69) is 25.7 Å². The molecule has 3 aromatic rings. The average molecular weight is 266 g/mol. The molecule has 3 rings (SSSR count). The second-order valence-corrected chi connectivity index (χ2v) is 4.23. The van der Waals surface area contributed by atoms with Crippen molar-refractivity contribution in [2.24, 2.45) is 5.84 Å². The van der Waals surface area contributed by atoms with Gasteiger partial charge < -0.3 is 5.32 Å². The van der Waals surface area contributed by atoms with E-state index in [0.717, 1.165) is 22.4 Å². The zero-order chi connectivity index (χ0) is 13.8. The predicted octanol–water partition coefficient (Wildman–Crippen LogP) is 1.92. The minimum absolute atomic E-state index is 0.382. The molecule has 0 atom stereocenters. The van der Waals surface area contributed by atoms with Crippen LogP contribution in [0, 0.1) is 0 Å². The Hall–Kier alpha value is -2.73. The van der Waals surface area contributed by atoms with Gasteiger partial charge in [0, 0.05) is 11.6 Å². The van der Waals surface area contributed by atoms with Crippen LogP contribution in [0.4, 0.5) is 11.8 Å². The second-order valence-electron chi connectivity index (χ2n) is 4.23. The lowest BCUT2D eigenvalue weighted by molar-refractivity contribution is 1.03. The van der Waals surface area contributed by atoms with Crippen LogP contribution >= 0.6 is 0 Å². The third-order valence-corrected chi connectivity index (χ3v) is 2.90. The van der Waals surface area contributed by atoms with Gasteiger partial charge in [0.25, 0.3) is 0 Å². The minimum atomic E-state index is 0.382. The number of para-hydroxylation sites is 1. The molecule has 0 spiro atoms. The van der Waals surface area contributed by atoms with E-state index in [1.54, 1.807) is 6.20 Å². The van der Waals surface area contributed by atoms with Gasteiger partial charge >= 0.3 is 0 Å². The highest BCUT2D eigenvalue weighted by Gasteiger charge is 2.06. The van der Waals surface area contributed by atoms with Crippen LogP contribution in [0.1, 0.15) is 5.69 Å². The van der Waals surface area contributed by atoms with Crippen LogP contribution in [0.2, 0.25) is 0 Å². The van der Waals surface area contributed by atoms with Crippen LogP contribution in [0.25, 0.3) is 10.9 Å². The molecule has 0 fully saturated rings. The standard InChI is InChI=1S/C14H14N6/c15-20-14-18-12-7-2-1-6-11(12)13(19-14)17-9-10-5-3-4-8-16-10/h1-8H,9,15H2,(H2,17,18,19,20). The summed E-state index contributed by atoms with van der Waals surface area (Å²) in [6, 6.07) is 13.6. The number of pyridine rings is 1. The largest absolute Gasteiger partial charge is 0.364 e.